The number of hydrogen-bond acceptors (Lipinski definition) is 3. The molecule has 0 unspecified atom stereocenters. The smallest absolute Gasteiger partial charge is 0.160 e. The molecule has 19 heavy (non-hydrogen) atoms. The standard InChI is InChI=1S/C14H18BrFO3/c1-5-14(4,9-18-13(2,3)17)19-12-7-6-10(16)8-11(12)15/h5-8,17H,1,9H2,2-4H3/t14-/m1/s1. The Morgan fingerprint density at radius 1 is 1.42 bits per heavy atom. The molecule has 0 bridgehead atoms. The van der Waals surface area contributed by atoms with Gasteiger partial charge in [-0.1, -0.05) is 6.58 Å². The zero-order chi connectivity index (χ0) is 14.7. The van der Waals surface area contributed by atoms with Crippen molar-refractivity contribution >= 4 is 15.9 Å². The van der Waals surface area contributed by atoms with Gasteiger partial charge in [0.2, 0.25) is 0 Å². The van der Waals surface area contributed by atoms with Crippen molar-refractivity contribution in [3.8, 4) is 5.75 Å². The lowest BCUT2D eigenvalue weighted by molar-refractivity contribution is -0.195. The molecule has 0 heterocycles. The van der Waals surface area contributed by atoms with Crippen molar-refractivity contribution in [1.82, 2.24) is 0 Å². The van der Waals surface area contributed by atoms with E-state index in [1.807, 2.05) is 0 Å². The van der Waals surface area contributed by atoms with Crippen molar-refractivity contribution in [3.63, 3.8) is 0 Å². The summed E-state index contributed by atoms with van der Waals surface area (Å²) >= 11 is 3.23. The third kappa shape index (κ3) is 5.30. The number of ether oxygens (including phenoxy) is 2. The van der Waals surface area contributed by atoms with E-state index in [0.29, 0.717) is 10.2 Å². The van der Waals surface area contributed by atoms with E-state index in [2.05, 4.69) is 22.5 Å². The molecule has 0 amide bonds. The van der Waals surface area contributed by atoms with Crippen molar-refractivity contribution in [3.05, 3.63) is 41.1 Å². The third-order valence-electron chi connectivity index (χ3n) is 2.38. The van der Waals surface area contributed by atoms with E-state index in [4.69, 9.17) is 9.47 Å². The summed E-state index contributed by atoms with van der Waals surface area (Å²) in [7, 11) is 0. The Labute approximate surface area is 121 Å². The van der Waals surface area contributed by atoms with Gasteiger partial charge >= 0.3 is 0 Å². The fourth-order valence-electron chi connectivity index (χ4n) is 1.26. The van der Waals surface area contributed by atoms with Crippen LogP contribution in [-0.4, -0.2) is 23.1 Å². The van der Waals surface area contributed by atoms with E-state index < -0.39 is 11.4 Å². The molecule has 1 aromatic carbocycles. The number of rotatable bonds is 6. The van der Waals surface area contributed by atoms with E-state index in [1.165, 1.54) is 32.0 Å². The van der Waals surface area contributed by atoms with Crippen LogP contribution < -0.4 is 4.74 Å². The monoisotopic (exact) mass is 332 g/mol. The lowest BCUT2D eigenvalue weighted by Gasteiger charge is -2.30. The quantitative estimate of drug-likeness (QED) is 0.638. The predicted molar refractivity (Wildman–Crippen MR) is 75.6 cm³/mol. The molecule has 106 valence electrons. The van der Waals surface area contributed by atoms with Gasteiger partial charge in [0.1, 0.15) is 17.2 Å². The van der Waals surface area contributed by atoms with E-state index in [0.717, 1.165) is 0 Å². The van der Waals surface area contributed by atoms with Crippen LogP contribution >= 0.6 is 15.9 Å². The van der Waals surface area contributed by atoms with Gasteiger partial charge in [0, 0.05) is 0 Å². The summed E-state index contributed by atoms with van der Waals surface area (Å²) < 4.78 is 24.6. The molecule has 1 N–H and O–H groups in total. The van der Waals surface area contributed by atoms with Gasteiger partial charge in [-0.25, -0.2) is 4.39 Å². The molecule has 0 fully saturated rings. The Morgan fingerprint density at radius 2 is 2.05 bits per heavy atom. The van der Waals surface area contributed by atoms with E-state index in [1.54, 1.807) is 13.0 Å². The fourth-order valence-corrected chi connectivity index (χ4v) is 1.69. The second-order valence-corrected chi connectivity index (χ2v) is 5.78. The van der Waals surface area contributed by atoms with Gasteiger partial charge in [-0.3, -0.25) is 0 Å². The average molecular weight is 333 g/mol. The topological polar surface area (TPSA) is 38.7 Å². The Bertz CT molecular complexity index is 456. The van der Waals surface area contributed by atoms with Crippen LogP contribution in [0.3, 0.4) is 0 Å². The van der Waals surface area contributed by atoms with Crippen LogP contribution in [0.5, 0.6) is 5.75 Å². The number of hydrogen-bond donors (Lipinski definition) is 1. The fraction of sp³-hybridized carbons (Fsp3) is 0.429. The van der Waals surface area contributed by atoms with Crippen molar-refractivity contribution < 1.29 is 19.0 Å². The molecule has 0 aromatic heterocycles. The van der Waals surface area contributed by atoms with Crippen molar-refractivity contribution in [2.75, 3.05) is 6.61 Å². The maximum absolute atomic E-state index is 13.0. The van der Waals surface area contributed by atoms with Gasteiger partial charge in [0.15, 0.2) is 5.79 Å². The summed E-state index contributed by atoms with van der Waals surface area (Å²) in [6.45, 7) is 8.65. The highest BCUT2D eigenvalue weighted by atomic mass is 79.9. The van der Waals surface area contributed by atoms with Gasteiger partial charge in [-0.15, -0.1) is 0 Å². The SMILES string of the molecule is C=C[C@](C)(COC(C)(C)O)Oc1ccc(F)cc1Br. The molecule has 0 aliphatic heterocycles. The van der Waals surface area contributed by atoms with E-state index >= 15 is 0 Å². The number of halogens is 2. The molecule has 1 aromatic rings. The lowest BCUT2D eigenvalue weighted by atomic mass is 10.1. The first-order valence-electron chi connectivity index (χ1n) is 5.79. The zero-order valence-corrected chi connectivity index (χ0v) is 12.8. The van der Waals surface area contributed by atoms with Gasteiger partial charge in [-0.2, -0.15) is 0 Å². The summed E-state index contributed by atoms with van der Waals surface area (Å²) in [4.78, 5) is 0. The summed E-state index contributed by atoms with van der Waals surface area (Å²) in [6.07, 6.45) is 1.58. The van der Waals surface area contributed by atoms with E-state index in [-0.39, 0.29) is 12.4 Å². The van der Waals surface area contributed by atoms with Crippen LogP contribution in [-0.2, 0) is 4.74 Å². The molecule has 1 atom stereocenters. The number of aliphatic hydroxyl groups is 1. The van der Waals surface area contributed by atoms with Crippen LogP contribution in [0.15, 0.2) is 35.3 Å². The number of benzene rings is 1. The second kappa shape index (κ2) is 6.03. The molecule has 0 saturated heterocycles. The molecule has 3 nitrogen and oxygen atoms in total. The van der Waals surface area contributed by atoms with Crippen molar-refractivity contribution in [2.24, 2.45) is 0 Å². The molecular weight excluding hydrogens is 315 g/mol. The summed E-state index contributed by atoms with van der Waals surface area (Å²) in [6, 6.07) is 4.14. The van der Waals surface area contributed by atoms with Gasteiger partial charge in [0.05, 0.1) is 11.1 Å². The second-order valence-electron chi connectivity index (χ2n) is 4.93. The minimum absolute atomic E-state index is 0.115. The third-order valence-corrected chi connectivity index (χ3v) is 3.00. The maximum atomic E-state index is 13.0. The van der Waals surface area contributed by atoms with Crippen LogP contribution in [0.4, 0.5) is 4.39 Å². The molecule has 0 aliphatic rings. The summed E-state index contributed by atoms with van der Waals surface area (Å²) in [5.41, 5.74) is -0.833. The molecular formula is C14H18BrFO3. The Balaban J connectivity index is 2.82. The minimum atomic E-state index is -1.26. The van der Waals surface area contributed by atoms with Crippen LogP contribution in [0.25, 0.3) is 0 Å². The minimum Gasteiger partial charge on any atom is -0.480 e. The summed E-state index contributed by atoms with van der Waals surface area (Å²) in [5.74, 6) is -1.14. The van der Waals surface area contributed by atoms with Crippen molar-refractivity contribution in [1.29, 1.82) is 0 Å². The molecule has 0 aliphatic carbocycles. The first-order valence-corrected chi connectivity index (χ1v) is 6.58. The Kier molecular flexibility index (Phi) is 5.12. The van der Waals surface area contributed by atoms with Crippen LogP contribution in [0.1, 0.15) is 20.8 Å². The Morgan fingerprint density at radius 3 is 2.53 bits per heavy atom. The lowest BCUT2D eigenvalue weighted by Crippen LogP contribution is -2.39. The maximum Gasteiger partial charge on any atom is 0.160 e. The molecule has 1 rings (SSSR count). The zero-order valence-electron chi connectivity index (χ0n) is 11.2. The van der Waals surface area contributed by atoms with Crippen LogP contribution in [0, 0.1) is 5.82 Å². The van der Waals surface area contributed by atoms with Crippen molar-refractivity contribution in [2.45, 2.75) is 32.2 Å². The van der Waals surface area contributed by atoms with Crippen LogP contribution in [0.2, 0.25) is 0 Å². The molecule has 0 saturated carbocycles. The largest absolute Gasteiger partial charge is 0.480 e. The first-order chi connectivity index (χ1) is 8.65. The van der Waals surface area contributed by atoms with E-state index in [9.17, 15) is 9.50 Å². The summed E-state index contributed by atoms with van der Waals surface area (Å²) in [5, 5.41) is 9.56. The van der Waals surface area contributed by atoms with Gasteiger partial charge in [0.25, 0.3) is 0 Å². The molecule has 0 spiro atoms. The predicted octanol–water partition coefficient (Wildman–Crippen LogP) is 3.66. The van der Waals surface area contributed by atoms with Gasteiger partial charge in [-0.05, 0) is 61.0 Å². The molecule has 0 radical (unpaired) electrons. The first kappa shape index (κ1) is 16.1. The highest BCUT2D eigenvalue weighted by molar-refractivity contribution is 9.10. The Hall–Kier alpha value is -0.910. The molecule has 5 heteroatoms. The van der Waals surface area contributed by atoms with Gasteiger partial charge < -0.3 is 14.6 Å². The normalized spacial score (nSPS) is 14.8. The highest BCUT2D eigenvalue weighted by Gasteiger charge is 2.27. The average Bonchev–Trinajstić information content (AvgIpc) is 2.30. The highest BCUT2D eigenvalue weighted by Crippen LogP contribution is 2.29.